The number of unbranched alkanes of at least 4 members (excludes halogenated alkanes) is 4. The van der Waals surface area contributed by atoms with Gasteiger partial charge in [0, 0.05) is 0 Å². The minimum absolute atomic E-state index is 0.496. The van der Waals surface area contributed by atoms with Crippen molar-refractivity contribution in [2.75, 3.05) is 0 Å². The Morgan fingerprint density at radius 2 is 1.18 bits per heavy atom. The standard InChI is InChI=1S/C20H24N2/c1-3-5-7-9-11-17-13-19(15-21)20(16-22)14-18(17)12-10-8-6-4-2/h3-4,13-14H,1-2,5-12H2. The lowest BCUT2D eigenvalue weighted by molar-refractivity contribution is 0.719. The summed E-state index contributed by atoms with van der Waals surface area (Å²) in [7, 11) is 0. The fraction of sp³-hybridized carbons (Fsp3) is 0.400. The van der Waals surface area contributed by atoms with Crippen LogP contribution in [0.1, 0.15) is 60.8 Å². The number of nitrogens with zero attached hydrogens (tertiary/aromatic N) is 2. The predicted molar refractivity (Wildman–Crippen MR) is 91.4 cm³/mol. The Balaban J connectivity index is 2.88. The third kappa shape index (κ3) is 5.58. The van der Waals surface area contributed by atoms with Crippen LogP contribution in [0.3, 0.4) is 0 Å². The van der Waals surface area contributed by atoms with Gasteiger partial charge in [0.25, 0.3) is 0 Å². The molecule has 0 amide bonds. The van der Waals surface area contributed by atoms with Crippen molar-refractivity contribution in [2.24, 2.45) is 0 Å². The van der Waals surface area contributed by atoms with Crippen LogP contribution in [0.2, 0.25) is 0 Å². The summed E-state index contributed by atoms with van der Waals surface area (Å²) in [4.78, 5) is 0. The van der Waals surface area contributed by atoms with Gasteiger partial charge in [-0.3, -0.25) is 0 Å². The average Bonchev–Trinajstić information content (AvgIpc) is 2.55. The molecule has 0 unspecified atom stereocenters. The molecule has 114 valence electrons. The predicted octanol–water partition coefficient (Wildman–Crippen LogP) is 5.23. The number of aryl methyl sites for hydroxylation is 2. The summed E-state index contributed by atoms with van der Waals surface area (Å²) >= 11 is 0. The summed E-state index contributed by atoms with van der Waals surface area (Å²) in [6.45, 7) is 7.49. The van der Waals surface area contributed by atoms with Gasteiger partial charge in [0.2, 0.25) is 0 Å². The molecule has 0 fully saturated rings. The first-order valence-corrected chi connectivity index (χ1v) is 7.94. The van der Waals surface area contributed by atoms with E-state index in [1.54, 1.807) is 0 Å². The molecule has 0 aliphatic carbocycles. The van der Waals surface area contributed by atoms with Gasteiger partial charge in [-0.1, -0.05) is 12.2 Å². The van der Waals surface area contributed by atoms with Gasteiger partial charge in [0.15, 0.2) is 0 Å². The third-order valence-corrected chi connectivity index (χ3v) is 3.79. The summed E-state index contributed by atoms with van der Waals surface area (Å²) in [6, 6.07) is 8.10. The van der Waals surface area contributed by atoms with E-state index in [-0.39, 0.29) is 0 Å². The molecule has 1 rings (SSSR count). The van der Waals surface area contributed by atoms with E-state index >= 15 is 0 Å². The molecule has 0 bridgehead atoms. The minimum atomic E-state index is 0.496. The smallest absolute Gasteiger partial charge is 0.101 e. The maximum Gasteiger partial charge on any atom is 0.101 e. The molecular formula is C20H24N2. The summed E-state index contributed by atoms with van der Waals surface area (Å²) in [5.41, 5.74) is 3.43. The maximum absolute atomic E-state index is 9.20. The zero-order valence-electron chi connectivity index (χ0n) is 13.3. The van der Waals surface area contributed by atoms with E-state index < -0.39 is 0 Å². The van der Waals surface area contributed by atoms with Gasteiger partial charge in [0.1, 0.15) is 12.1 Å². The van der Waals surface area contributed by atoms with E-state index in [0.717, 1.165) is 51.4 Å². The molecule has 22 heavy (non-hydrogen) atoms. The van der Waals surface area contributed by atoms with Crippen LogP contribution in [-0.2, 0) is 12.8 Å². The molecule has 0 spiro atoms. The van der Waals surface area contributed by atoms with E-state index in [4.69, 9.17) is 0 Å². The Kier molecular flexibility index (Phi) is 8.39. The van der Waals surface area contributed by atoms with E-state index in [0.29, 0.717) is 11.1 Å². The second-order valence-corrected chi connectivity index (χ2v) is 5.46. The molecule has 1 aromatic carbocycles. The number of hydrogen-bond acceptors (Lipinski definition) is 2. The lowest BCUT2D eigenvalue weighted by Crippen LogP contribution is -1.99. The second kappa shape index (κ2) is 10.4. The van der Waals surface area contributed by atoms with Crippen LogP contribution < -0.4 is 0 Å². The largest absolute Gasteiger partial charge is 0.192 e. The van der Waals surface area contributed by atoms with Crippen LogP contribution in [0.5, 0.6) is 0 Å². The molecule has 0 aliphatic rings. The number of allylic oxidation sites excluding steroid dienone is 2. The first-order valence-electron chi connectivity index (χ1n) is 7.94. The first kappa shape index (κ1) is 17.7. The van der Waals surface area contributed by atoms with Crippen molar-refractivity contribution >= 4 is 0 Å². The Hall–Kier alpha value is -2.32. The Morgan fingerprint density at radius 1 is 0.773 bits per heavy atom. The molecule has 0 aliphatic heterocycles. The van der Waals surface area contributed by atoms with Crippen LogP contribution >= 0.6 is 0 Å². The van der Waals surface area contributed by atoms with Crippen molar-refractivity contribution in [1.82, 2.24) is 0 Å². The molecule has 0 N–H and O–H groups in total. The van der Waals surface area contributed by atoms with Crippen molar-refractivity contribution in [1.29, 1.82) is 10.5 Å². The highest BCUT2D eigenvalue weighted by atomic mass is 14.3. The fourth-order valence-electron chi connectivity index (χ4n) is 2.55. The summed E-state index contributed by atoms with van der Waals surface area (Å²) in [5, 5.41) is 18.4. The highest BCUT2D eigenvalue weighted by Crippen LogP contribution is 2.21. The topological polar surface area (TPSA) is 47.6 Å². The fourth-order valence-corrected chi connectivity index (χ4v) is 2.55. The third-order valence-electron chi connectivity index (χ3n) is 3.79. The second-order valence-electron chi connectivity index (χ2n) is 5.46. The van der Waals surface area contributed by atoms with E-state index in [9.17, 15) is 10.5 Å². The van der Waals surface area contributed by atoms with Crippen LogP contribution in [0.4, 0.5) is 0 Å². The summed E-state index contributed by atoms with van der Waals surface area (Å²) in [6.07, 6.45) is 12.3. The molecule has 1 aromatic rings. The number of benzene rings is 1. The van der Waals surface area contributed by atoms with Gasteiger partial charge in [-0.25, -0.2) is 0 Å². The van der Waals surface area contributed by atoms with Gasteiger partial charge in [0.05, 0.1) is 11.1 Å². The van der Waals surface area contributed by atoms with Gasteiger partial charge in [-0.15, -0.1) is 13.2 Å². The Bertz CT molecular complexity index is 532. The zero-order valence-corrected chi connectivity index (χ0v) is 13.3. The lowest BCUT2D eigenvalue weighted by Gasteiger charge is -2.11. The molecule has 2 nitrogen and oxygen atoms in total. The molecule has 2 heteroatoms. The van der Waals surface area contributed by atoms with Crippen molar-refractivity contribution in [3.8, 4) is 12.1 Å². The molecular weight excluding hydrogens is 268 g/mol. The van der Waals surface area contributed by atoms with Gasteiger partial charge in [-0.05, 0) is 74.6 Å². The van der Waals surface area contributed by atoms with E-state index in [1.165, 1.54) is 11.1 Å². The van der Waals surface area contributed by atoms with Crippen molar-refractivity contribution in [3.63, 3.8) is 0 Å². The van der Waals surface area contributed by atoms with Crippen molar-refractivity contribution in [2.45, 2.75) is 51.4 Å². The van der Waals surface area contributed by atoms with Crippen molar-refractivity contribution < 1.29 is 0 Å². The molecule has 0 aromatic heterocycles. The number of nitriles is 2. The molecule has 0 saturated heterocycles. The number of rotatable bonds is 10. The van der Waals surface area contributed by atoms with Crippen molar-refractivity contribution in [3.05, 3.63) is 59.7 Å². The van der Waals surface area contributed by atoms with Crippen LogP contribution in [-0.4, -0.2) is 0 Å². The normalized spacial score (nSPS) is 9.73. The molecule has 0 radical (unpaired) electrons. The Morgan fingerprint density at radius 3 is 1.50 bits per heavy atom. The van der Waals surface area contributed by atoms with Crippen LogP contribution in [0.15, 0.2) is 37.4 Å². The highest BCUT2D eigenvalue weighted by molar-refractivity contribution is 5.50. The highest BCUT2D eigenvalue weighted by Gasteiger charge is 2.09. The van der Waals surface area contributed by atoms with Gasteiger partial charge >= 0.3 is 0 Å². The van der Waals surface area contributed by atoms with Gasteiger partial charge < -0.3 is 0 Å². The minimum Gasteiger partial charge on any atom is -0.192 e. The Labute approximate surface area is 134 Å². The molecule has 0 saturated carbocycles. The zero-order chi connectivity index (χ0) is 16.2. The first-order chi connectivity index (χ1) is 10.8. The average molecular weight is 292 g/mol. The SMILES string of the molecule is C=CCCCCc1cc(C#N)c(C#N)cc1CCCCC=C. The quantitative estimate of drug-likeness (QED) is 0.438. The lowest BCUT2D eigenvalue weighted by atomic mass is 9.92. The monoisotopic (exact) mass is 292 g/mol. The van der Waals surface area contributed by atoms with Gasteiger partial charge in [-0.2, -0.15) is 10.5 Å². The summed E-state index contributed by atoms with van der Waals surface area (Å²) < 4.78 is 0. The van der Waals surface area contributed by atoms with E-state index in [2.05, 4.69) is 25.3 Å². The van der Waals surface area contributed by atoms with E-state index in [1.807, 2.05) is 24.3 Å². The van der Waals surface area contributed by atoms with Crippen LogP contribution in [0.25, 0.3) is 0 Å². The maximum atomic E-state index is 9.20. The number of hydrogen-bond donors (Lipinski definition) is 0. The molecule has 0 atom stereocenters. The van der Waals surface area contributed by atoms with Crippen LogP contribution in [0, 0.1) is 22.7 Å². The molecule has 0 heterocycles. The summed E-state index contributed by atoms with van der Waals surface area (Å²) in [5.74, 6) is 0.